The third-order valence-electron chi connectivity index (χ3n) is 2.90. The van der Waals surface area contributed by atoms with Gasteiger partial charge in [-0.15, -0.1) is 0 Å². The molecule has 1 nitrogen and oxygen atoms in total. The standard InChI is InChI=1S/C17H24OTe/c1-3-5-8-13-16(19-14-6-4-2)17(18)15-11-9-7-10-12-15/h7,9-13H,3-6,8,14H2,1-2H3/b16-13-. The Labute approximate surface area is 127 Å². The second-order valence-corrected chi connectivity index (χ2v) is 7.85. The van der Waals surface area contributed by atoms with E-state index >= 15 is 0 Å². The molecule has 0 atom stereocenters. The number of carbonyl (C=O) groups is 1. The monoisotopic (exact) mass is 374 g/mol. The number of carbonyl (C=O) groups excluding carboxylic acids is 1. The molecule has 0 fully saturated rings. The van der Waals surface area contributed by atoms with E-state index in [0.29, 0.717) is 0 Å². The molecular weight excluding hydrogens is 348 g/mol. The molecule has 2 heteroatoms. The first-order valence-electron chi connectivity index (χ1n) is 7.22. The van der Waals surface area contributed by atoms with Crippen molar-refractivity contribution in [2.45, 2.75) is 50.4 Å². The fourth-order valence-corrected chi connectivity index (χ4v) is 4.96. The van der Waals surface area contributed by atoms with Gasteiger partial charge in [-0.25, -0.2) is 0 Å². The SMILES string of the molecule is CCCC/C=C(\[Te]CCCC)C(=O)c1ccccc1. The number of hydrogen-bond donors (Lipinski definition) is 0. The predicted octanol–water partition coefficient (Wildman–Crippen LogP) is 4.87. The van der Waals surface area contributed by atoms with Gasteiger partial charge in [-0.05, 0) is 0 Å². The first-order chi connectivity index (χ1) is 9.29. The Hall–Kier alpha value is -0.580. The summed E-state index contributed by atoms with van der Waals surface area (Å²) in [5.41, 5.74) is 0.854. The van der Waals surface area contributed by atoms with E-state index in [-0.39, 0.29) is 26.7 Å². The Morgan fingerprint density at radius 2 is 1.79 bits per heavy atom. The summed E-state index contributed by atoms with van der Waals surface area (Å²) in [7, 11) is 0. The zero-order valence-corrected chi connectivity index (χ0v) is 14.4. The van der Waals surface area contributed by atoms with Gasteiger partial charge in [-0.2, -0.15) is 0 Å². The number of Topliss-reactive ketones (excluding diaryl/α,β-unsaturated/α-hetero) is 1. The van der Waals surface area contributed by atoms with Gasteiger partial charge in [0.1, 0.15) is 0 Å². The van der Waals surface area contributed by atoms with Crippen molar-refractivity contribution < 1.29 is 4.79 Å². The predicted molar refractivity (Wildman–Crippen MR) is 83.8 cm³/mol. The fourth-order valence-electron chi connectivity index (χ4n) is 1.71. The first-order valence-corrected chi connectivity index (χ1v) is 10.0. The van der Waals surface area contributed by atoms with Crippen molar-refractivity contribution in [3.05, 3.63) is 45.6 Å². The number of ketones is 1. The van der Waals surface area contributed by atoms with Gasteiger partial charge in [0.2, 0.25) is 0 Å². The zero-order chi connectivity index (χ0) is 13.9. The average molecular weight is 372 g/mol. The molecular formula is C17H24OTe. The van der Waals surface area contributed by atoms with Gasteiger partial charge in [0, 0.05) is 0 Å². The molecule has 0 aromatic heterocycles. The zero-order valence-electron chi connectivity index (χ0n) is 12.0. The van der Waals surface area contributed by atoms with Gasteiger partial charge in [-0.3, -0.25) is 0 Å². The van der Waals surface area contributed by atoms with Gasteiger partial charge in [0.25, 0.3) is 0 Å². The molecule has 1 rings (SSSR count). The van der Waals surface area contributed by atoms with E-state index in [2.05, 4.69) is 19.9 Å². The van der Waals surface area contributed by atoms with Crippen molar-refractivity contribution in [1.29, 1.82) is 0 Å². The summed E-state index contributed by atoms with van der Waals surface area (Å²) < 4.78 is 2.39. The molecule has 0 bridgehead atoms. The topological polar surface area (TPSA) is 17.1 Å². The Bertz CT molecular complexity index is 395. The van der Waals surface area contributed by atoms with Crippen molar-refractivity contribution in [2.75, 3.05) is 0 Å². The van der Waals surface area contributed by atoms with E-state index in [1.807, 2.05) is 30.3 Å². The van der Waals surface area contributed by atoms with Crippen LogP contribution in [0, 0.1) is 0 Å². The normalized spacial score (nSPS) is 11.6. The summed E-state index contributed by atoms with van der Waals surface area (Å²) in [5, 5.41) is 0. The van der Waals surface area contributed by atoms with Gasteiger partial charge in [0.15, 0.2) is 0 Å². The van der Waals surface area contributed by atoms with Crippen LogP contribution in [-0.2, 0) is 0 Å². The van der Waals surface area contributed by atoms with Crippen LogP contribution >= 0.6 is 0 Å². The summed E-state index contributed by atoms with van der Waals surface area (Å²) >= 11 is -0.309. The summed E-state index contributed by atoms with van der Waals surface area (Å²) in [5.74, 6) is 0.273. The van der Waals surface area contributed by atoms with Crippen LogP contribution in [0.25, 0.3) is 0 Å². The van der Waals surface area contributed by atoms with Crippen LogP contribution in [0.1, 0.15) is 56.3 Å². The van der Waals surface area contributed by atoms with Crippen molar-refractivity contribution in [3.63, 3.8) is 0 Å². The van der Waals surface area contributed by atoms with Gasteiger partial charge < -0.3 is 0 Å². The minimum atomic E-state index is -0.309. The van der Waals surface area contributed by atoms with E-state index in [1.165, 1.54) is 30.2 Å². The van der Waals surface area contributed by atoms with Crippen molar-refractivity contribution >= 4 is 26.7 Å². The Kier molecular flexibility index (Phi) is 8.88. The number of unbranched alkanes of at least 4 members (excludes halogenated alkanes) is 3. The molecule has 1 aromatic rings. The van der Waals surface area contributed by atoms with Crippen LogP contribution in [0.2, 0.25) is 4.47 Å². The molecule has 0 heterocycles. The molecule has 1 aromatic carbocycles. The van der Waals surface area contributed by atoms with Crippen molar-refractivity contribution in [2.24, 2.45) is 0 Å². The van der Waals surface area contributed by atoms with Crippen LogP contribution in [0.15, 0.2) is 40.0 Å². The average Bonchev–Trinajstić information content (AvgIpc) is 2.46. The molecule has 0 saturated carbocycles. The van der Waals surface area contributed by atoms with Crippen LogP contribution in [0.5, 0.6) is 0 Å². The second kappa shape index (κ2) is 10.2. The molecule has 0 unspecified atom stereocenters. The molecule has 0 aliphatic rings. The summed E-state index contributed by atoms with van der Waals surface area (Å²) in [4.78, 5) is 12.5. The molecule has 0 saturated heterocycles. The molecule has 0 spiro atoms. The molecule has 19 heavy (non-hydrogen) atoms. The Balaban J connectivity index is 2.71. The van der Waals surface area contributed by atoms with Crippen molar-refractivity contribution in [1.82, 2.24) is 0 Å². The van der Waals surface area contributed by atoms with Gasteiger partial charge in [0.05, 0.1) is 0 Å². The van der Waals surface area contributed by atoms with Crippen LogP contribution < -0.4 is 0 Å². The van der Waals surface area contributed by atoms with Gasteiger partial charge in [-0.1, -0.05) is 0 Å². The summed E-state index contributed by atoms with van der Waals surface area (Å²) in [6.45, 7) is 4.41. The Morgan fingerprint density at radius 1 is 1.11 bits per heavy atom. The fraction of sp³-hybridized carbons (Fsp3) is 0.471. The maximum absolute atomic E-state index is 12.5. The number of rotatable bonds is 9. The summed E-state index contributed by atoms with van der Waals surface area (Å²) in [6.07, 6.45) is 8.14. The summed E-state index contributed by atoms with van der Waals surface area (Å²) in [6, 6.07) is 9.73. The molecule has 0 aliphatic heterocycles. The first kappa shape index (κ1) is 16.5. The third-order valence-corrected chi connectivity index (χ3v) is 6.20. The van der Waals surface area contributed by atoms with Crippen LogP contribution in [0.4, 0.5) is 0 Å². The van der Waals surface area contributed by atoms with Crippen LogP contribution in [0.3, 0.4) is 0 Å². The third kappa shape index (κ3) is 6.41. The molecule has 104 valence electrons. The van der Waals surface area contributed by atoms with Crippen LogP contribution in [-0.4, -0.2) is 26.7 Å². The van der Waals surface area contributed by atoms with E-state index in [4.69, 9.17) is 0 Å². The second-order valence-electron chi connectivity index (χ2n) is 4.61. The minimum absolute atomic E-state index is 0.273. The maximum atomic E-state index is 12.5. The Morgan fingerprint density at radius 3 is 2.42 bits per heavy atom. The van der Waals surface area contributed by atoms with Gasteiger partial charge >= 0.3 is 128 Å². The molecule has 0 N–H and O–H groups in total. The molecule has 0 aliphatic carbocycles. The molecule has 0 amide bonds. The quantitative estimate of drug-likeness (QED) is 0.262. The number of benzene rings is 1. The van der Waals surface area contributed by atoms with E-state index in [9.17, 15) is 4.79 Å². The van der Waals surface area contributed by atoms with E-state index in [1.54, 1.807) is 0 Å². The van der Waals surface area contributed by atoms with E-state index < -0.39 is 0 Å². The number of allylic oxidation sites excluding steroid dienone is 2. The van der Waals surface area contributed by atoms with Crippen molar-refractivity contribution in [3.8, 4) is 0 Å². The molecule has 0 radical (unpaired) electrons. The van der Waals surface area contributed by atoms with E-state index in [0.717, 1.165) is 15.6 Å². The number of hydrogen-bond acceptors (Lipinski definition) is 1.